The predicted molar refractivity (Wildman–Crippen MR) is 64.1 cm³/mol. The van der Waals surface area contributed by atoms with E-state index in [-0.39, 0.29) is 5.41 Å². The quantitative estimate of drug-likeness (QED) is 0.649. The lowest BCUT2D eigenvalue weighted by Gasteiger charge is -2.21. The van der Waals surface area contributed by atoms with Crippen LogP contribution in [0, 0.1) is 0 Å². The summed E-state index contributed by atoms with van der Waals surface area (Å²) in [7, 11) is 2.08. The summed E-state index contributed by atoms with van der Waals surface area (Å²) in [5, 5.41) is 0. The van der Waals surface area contributed by atoms with Crippen LogP contribution < -0.4 is 4.97 Å². The molecule has 1 radical (unpaired) electrons. The lowest BCUT2D eigenvalue weighted by atomic mass is 9.86. The van der Waals surface area contributed by atoms with Gasteiger partial charge >= 0.3 is 0 Å². The van der Waals surface area contributed by atoms with Gasteiger partial charge in [0, 0.05) is 5.69 Å². The van der Waals surface area contributed by atoms with E-state index in [0.717, 1.165) is 18.6 Å². The van der Waals surface area contributed by atoms with E-state index in [2.05, 4.69) is 52.5 Å². The Morgan fingerprint density at radius 2 is 1.87 bits per heavy atom. The zero-order chi connectivity index (χ0) is 10.9. The van der Waals surface area contributed by atoms with Crippen LogP contribution in [0.25, 0.3) is 0 Å². The normalized spacial score (nSPS) is 16.6. The minimum absolute atomic E-state index is 0.216. The van der Waals surface area contributed by atoms with Crippen LogP contribution in [0.4, 0.5) is 5.69 Å². The van der Waals surface area contributed by atoms with Crippen molar-refractivity contribution in [3.63, 3.8) is 0 Å². The van der Waals surface area contributed by atoms with E-state index < -0.39 is 0 Å². The highest BCUT2D eigenvalue weighted by Crippen LogP contribution is 2.25. The molecule has 2 rings (SSSR count). The summed E-state index contributed by atoms with van der Waals surface area (Å²) in [4.78, 5) is 7.30. The molecule has 1 aromatic carbocycles. The Hall–Kier alpha value is -0.955. The molecule has 79 valence electrons. The van der Waals surface area contributed by atoms with Gasteiger partial charge in [0.25, 0.3) is 7.41 Å². The molecule has 1 aliphatic rings. The van der Waals surface area contributed by atoms with Gasteiger partial charge in [0.05, 0.1) is 6.61 Å². The lowest BCUT2D eigenvalue weighted by molar-refractivity contribution is 0.185. The van der Waals surface area contributed by atoms with Crippen molar-refractivity contribution < 1.29 is 4.84 Å². The van der Waals surface area contributed by atoms with E-state index in [1.165, 1.54) is 5.56 Å². The maximum atomic E-state index is 5.44. The first kappa shape index (κ1) is 10.6. The summed E-state index contributed by atoms with van der Waals surface area (Å²) in [6.07, 6.45) is 1.00. The van der Waals surface area contributed by atoms with Crippen molar-refractivity contribution in [2.24, 2.45) is 0 Å². The van der Waals surface area contributed by atoms with Crippen LogP contribution >= 0.6 is 0 Å². The van der Waals surface area contributed by atoms with E-state index in [9.17, 15) is 0 Å². The summed E-state index contributed by atoms with van der Waals surface area (Å²) in [5.74, 6) is 0. The molecule has 0 unspecified atom stereocenters. The highest BCUT2D eigenvalue weighted by molar-refractivity contribution is 6.41. The number of hydrogen-bond donors (Lipinski definition) is 0. The van der Waals surface area contributed by atoms with Crippen molar-refractivity contribution in [1.29, 1.82) is 0 Å². The molecule has 2 nitrogen and oxygen atoms in total. The molecule has 0 aromatic heterocycles. The molecule has 1 aliphatic heterocycles. The topological polar surface area (TPSA) is 12.5 Å². The zero-order valence-electron chi connectivity index (χ0n) is 9.66. The Morgan fingerprint density at radius 1 is 1.20 bits per heavy atom. The molecule has 0 spiro atoms. The van der Waals surface area contributed by atoms with Crippen molar-refractivity contribution in [1.82, 2.24) is 0 Å². The molecule has 0 aliphatic carbocycles. The molecule has 1 saturated heterocycles. The summed E-state index contributed by atoms with van der Waals surface area (Å²) in [5.41, 5.74) is 2.68. The first-order chi connectivity index (χ1) is 7.07. The monoisotopic (exact) mass is 202 g/mol. The molecule has 0 saturated carbocycles. The van der Waals surface area contributed by atoms with E-state index in [1.54, 1.807) is 0 Å². The van der Waals surface area contributed by atoms with Gasteiger partial charge in [-0.05, 0) is 29.4 Å². The molecule has 0 N–H and O–H groups in total. The summed E-state index contributed by atoms with van der Waals surface area (Å²) in [6, 6.07) is 8.57. The van der Waals surface area contributed by atoms with Crippen LogP contribution in [-0.2, 0) is 10.3 Å². The van der Waals surface area contributed by atoms with Crippen LogP contribution in [0.15, 0.2) is 24.3 Å². The Bertz CT molecular complexity index is 322. The average molecular weight is 202 g/mol. The average Bonchev–Trinajstić information content (AvgIpc) is 2.69. The fourth-order valence-electron chi connectivity index (χ4n) is 1.66. The SMILES string of the molecule is CC(C)(C)c1ccc(N2[B]CCO2)cc1. The second-order valence-electron chi connectivity index (χ2n) is 4.93. The number of anilines is 1. The molecule has 0 atom stereocenters. The van der Waals surface area contributed by atoms with Gasteiger partial charge in [0.2, 0.25) is 0 Å². The fourth-order valence-corrected chi connectivity index (χ4v) is 1.66. The number of hydrogen-bond acceptors (Lipinski definition) is 2. The van der Waals surface area contributed by atoms with Crippen molar-refractivity contribution in [3.8, 4) is 0 Å². The lowest BCUT2D eigenvalue weighted by Crippen LogP contribution is -2.19. The van der Waals surface area contributed by atoms with Crippen molar-refractivity contribution in [3.05, 3.63) is 29.8 Å². The minimum atomic E-state index is 0.216. The number of rotatable bonds is 1. The molecular weight excluding hydrogens is 185 g/mol. The van der Waals surface area contributed by atoms with Crippen molar-refractivity contribution in [2.75, 3.05) is 11.6 Å². The highest BCUT2D eigenvalue weighted by atomic mass is 16.7. The Labute approximate surface area is 92.5 Å². The van der Waals surface area contributed by atoms with Gasteiger partial charge < -0.3 is 4.97 Å². The van der Waals surface area contributed by atoms with E-state index in [0.29, 0.717) is 0 Å². The molecule has 3 heteroatoms. The number of benzene rings is 1. The summed E-state index contributed by atoms with van der Waals surface area (Å²) < 4.78 is 0. The Morgan fingerprint density at radius 3 is 2.33 bits per heavy atom. The first-order valence-electron chi connectivity index (χ1n) is 5.43. The third-order valence-electron chi connectivity index (χ3n) is 2.63. The van der Waals surface area contributed by atoms with E-state index in [1.807, 2.05) is 4.97 Å². The van der Waals surface area contributed by atoms with Crippen LogP contribution in [0.3, 0.4) is 0 Å². The molecule has 1 heterocycles. The molecule has 0 amide bonds. The van der Waals surface area contributed by atoms with Gasteiger partial charge in [0.15, 0.2) is 0 Å². The first-order valence-corrected chi connectivity index (χ1v) is 5.43. The second-order valence-corrected chi connectivity index (χ2v) is 4.93. The maximum absolute atomic E-state index is 5.44. The van der Waals surface area contributed by atoms with Gasteiger partial charge in [-0.25, -0.2) is 0 Å². The minimum Gasteiger partial charge on any atom is -0.306 e. The van der Waals surface area contributed by atoms with E-state index in [4.69, 9.17) is 4.84 Å². The van der Waals surface area contributed by atoms with Crippen LogP contribution in [0.5, 0.6) is 0 Å². The fraction of sp³-hybridized carbons (Fsp3) is 0.500. The standard InChI is InChI=1S/C12H17BNO/c1-12(2,3)10-4-6-11(7-5-10)14-13-8-9-15-14/h4-7H,8-9H2,1-3H3. The van der Waals surface area contributed by atoms with Crippen molar-refractivity contribution in [2.45, 2.75) is 32.5 Å². The predicted octanol–water partition coefficient (Wildman–Crippen LogP) is 2.77. The molecule has 15 heavy (non-hydrogen) atoms. The molecule has 1 fully saturated rings. The van der Waals surface area contributed by atoms with Gasteiger partial charge in [-0.15, -0.1) is 0 Å². The largest absolute Gasteiger partial charge is 0.306 e. The smallest absolute Gasteiger partial charge is 0.288 e. The Balaban J connectivity index is 2.16. The molecule has 1 aromatic rings. The third kappa shape index (κ3) is 2.35. The maximum Gasteiger partial charge on any atom is 0.288 e. The van der Waals surface area contributed by atoms with Gasteiger partial charge in [-0.2, -0.15) is 0 Å². The third-order valence-corrected chi connectivity index (χ3v) is 2.63. The summed E-state index contributed by atoms with van der Waals surface area (Å²) >= 11 is 0. The summed E-state index contributed by atoms with van der Waals surface area (Å²) in [6.45, 7) is 7.46. The van der Waals surface area contributed by atoms with Crippen molar-refractivity contribution >= 4 is 13.1 Å². The van der Waals surface area contributed by atoms with E-state index >= 15 is 0 Å². The van der Waals surface area contributed by atoms with Gasteiger partial charge in [-0.1, -0.05) is 32.9 Å². The Kier molecular flexibility index (Phi) is 2.74. The highest BCUT2D eigenvalue weighted by Gasteiger charge is 2.17. The van der Waals surface area contributed by atoms with Crippen LogP contribution in [0.2, 0.25) is 6.32 Å². The second kappa shape index (κ2) is 3.89. The molecular formula is C12H17BNO. The van der Waals surface area contributed by atoms with Crippen LogP contribution in [-0.4, -0.2) is 14.0 Å². The zero-order valence-corrected chi connectivity index (χ0v) is 9.66. The molecule has 0 bridgehead atoms. The van der Waals surface area contributed by atoms with Crippen LogP contribution in [0.1, 0.15) is 26.3 Å². The number of nitrogens with zero attached hydrogens (tertiary/aromatic N) is 1. The van der Waals surface area contributed by atoms with Gasteiger partial charge in [-0.3, -0.25) is 4.84 Å². The van der Waals surface area contributed by atoms with Gasteiger partial charge in [0.1, 0.15) is 0 Å².